The summed E-state index contributed by atoms with van der Waals surface area (Å²) < 4.78 is 0. The van der Waals surface area contributed by atoms with Crippen molar-refractivity contribution in [3.8, 4) is 0 Å². The van der Waals surface area contributed by atoms with Crippen molar-refractivity contribution in [2.24, 2.45) is 5.73 Å². The second-order valence-corrected chi connectivity index (χ2v) is 3.67. The average molecular weight is 233 g/mol. The molecule has 0 radical (unpaired) electrons. The number of likely N-dealkylation sites (tertiary alicyclic amines) is 1. The van der Waals surface area contributed by atoms with Crippen LogP contribution < -0.4 is 11.1 Å². The lowest BCUT2D eigenvalue weighted by Gasteiger charge is -2.13. The first-order valence-electron chi connectivity index (χ1n) is 5.08. The normalized spacial score (nSPS) is 19.6. The van der Waals surface area contributed by atoms with Gasteiger partial charge in [0.05, 0.1) is 12.5 Å². The van der Waals surface area contributed by atoms with Gasteiger partial charge in [-0.2, -0.15) is 4.90 Å². The molecule has 1 aromatic rings. The van der Waals surface area contributed by atoms with Gasteiger partial charge in [0.15, 0.2) is 0 Å². The Morgan fingerprint density at radius 2 is 1.94 bits per heavy atom. The van der Waals surface area contributed by atoms with Crippen molar-refractivity contribution in [3.63, 3.8) is 0 Å². The molecule has 1 aliphatic rings. The van der Waals surface area contributed by atoms with E-state index in [1.54, 1.807) is 30.3 Å². The third-order valence-electron chi connectivity index (χ3n) is 2.41. The lowest BCUT2D eigenvalue weighted by Crippen LogP contribution is -2.42. The summed E-state index contributed by atoms with van der Waals surface area (Å²) in [6, 6.07) is 6.89. The molecule has 6 heteroatoms. The molecule has 3 N–H and O–H groups in total. The van der Waals surface area contributed by atoms with Crippen LogP contribution in [0.15, 0.2) is 30.3 Å². The summed E-state index contributed by atoms with van der Waals surface area (Å²) in [5, 5.41) is 2.46. The van der Waals surface area contributed by atoms with E-state index in [9.17, 15) is 14.4 Å². The Morgan fingerprint density at radius 3 is 2.47 bits per heavy atom. The zero-order valence-corrected chi connectivity index (χ0v) is 8.92. The highest BCUT2D eigenvalue weighted by molar-refractivity contribution is 6.19. The first kappa shape index (κ1) is 11.3. The van der Waals surface area contributed by atoms with Gasteiger partial charge < -0.3 is 11.1 Å². The molecular weight excluding hydrogens is 222 g/mol. The van der Waals surface area contributed by atoms with Gasteiger partial charge in [0.25, 0.3) is 5.91 Å². The zero-order valence-electron chi connectivity index (χ0n) is 8.92. The van der Waals surface area contributed by atoms with Gasteiger partial charge in [0.2, 0.25) is 5.91 Å². The fourth-order valence-corrected chi connectivity index (χ4v) is 1.57. The third kappa shape index (κ3) is 2.16. The molecule has 0 bridgehead atoms. The third-order valence-corrected chi connectivity index (χ3v) is 2.41. The summed E-state index contributed by atoms with van der Waals surface area (Å²) in [6.45, 7) is 0. The number of benzene rings is 1. The Hall–Kier alpha value is -2.21. The fraction of sp³-hybridized carbons (Fsp3) is 0.182. The van der Waals surface area contributed by atoms with Crippen molar-refractivity contribution in [1.29, 1.82) is 0 Å². The van der Waals surface area contributed by atoms with Crippen LogP contribution in [0.4, 0.5) is 10.5 Å². The fourth-order valence-electron chi connectivity index (χ4n) is 1.57. The second-order valence-electron chi connectivity index (χ2n) is 3.67. The van der Waals surface area contributed by atoms with E-state index in [-0.39, 0.29) is 6.42 Å². The minimum Gasteiger partial charge on any atom is -0.319 e. The number of nitrogens with one attached hydrogen (secondary N) is 1. The number of carbonyl (C=O) groups excluding carboxylic acids is 3. The Kier molecular flexibility index (Phi) is 2.88. The van der Waals surface area contributed by atoms with Crippen molar-refractivity contribution >= 4 is 23.5 Å². The molecule has 1 atom stereocenters. The van der Waals surface area contributed by atoms with Crippen LogP contribution in [0.1, 0.15) is 6.42 Å². The monoisotopic (exact) mass is 233 g/mol. The van der Waals surface area contributed by atoms with Crippen molar-refractivity contribution in [1.82, 2.24) is 4.90 Å². The van der Waals surface area contributed by atoms with Gasteiger partial charge in [0, 0.05) is 5.69 Å². The topological polar surface area (TPSA) is 92.5 Å². The largest absolute Gasteiger partial charge is 0.335 e. The Balaban J connectivity index is 2.11. The number of carbonyl (C=O) groups is 3. The van der Waals surface area contributed by atoms with Crippen LogP contribution in [-0.4, -0.2) is 28.8 Å². The van der Waals surface area contributed by atoms with E-state index in [0.29, 0.717) is 10.6 Å². The summed E-state index contributed by atoms with van der Waals surface area (Å²) in [4.78, 5) is 35.1. The Bertz CT molecular complexity index is 472. The van der Waals surface area contributed by atoms with Crippen molar-refractivity contribution < 1.29 is 14.4 Å². The molecule has 1 fully saturated rings. The van der Waals surface area contributed by atoms with Gasteiger partial charge in [-0.15, -0.1) is 0 Å². The summed E-state index contributed by atoms with van der Waals surface area (Å²) >= 11 is 0. The number of nitrogens with two attached hydrogens (primary N) is 1. The Labute approximate surface area is 97.4 Å². The molecule has 1 aliphatic heterocycles. The summed E-state index contributed by atoms with van der Waals surface area (Å²) in [5.41, 5.74) is 5.91. The van der Waals surface area contributed by atoms with E-state index in [0.717, 1.165) is 0 Å². The number of rotatable bonds is 1. The number of imide groups is 3. The summed E-state index contributed by atoms with van der Waals surface area (Å²) in [6.07, 6.45) is -0.124. The summed E-state index contributed by atoms with van der Waals surface area (Å²) in [5.74, 6) is -1.24. The van der Waals surface area contributed by atoms with Gasteiger partial charge in [-0.25, -0.2) is 4.79 Å². The molecular formula is C11H11N3O3. The maximum absolute atomic E-state index is 11.7. The molecule has 0 spiro atoms. The quantitative estimate of drug-likeness (QED) is 0.682. The molecule has 4 amide bonds. The van der Waals surface area contributed by atoms with E-state index in [4.69, 9.17) is 5.73 Å². The lowest BCUT2D eigenvalue weighted by molar-refractivity contribution is -0.134. The lowest BCUT2D eigenvalue weighted by atomic mass is 10.3. The smallest absolute Gasteiger partial charge is 0.319 e. The van der Waals surface area contributed by atoms with E-state index in [1.807, 2.05) is 0 Å². The molecule has 2 rings (SSSR count). The first-order valence-corrected chi connectivity index (χ1v) is 5.08. The maximum Gasteiger partial charge on any atom is 0.335 e. The van der Waals surface area contributed by atoms with Gasteiger partial charge in [0.1, 0.15) is 0 Å². The van der Waals surface area contributed by atoms with Crippen LogP contribution in [0.3, 0.4) is 0 Å². The highest BCUT2D eigenvalue weighted by Crippen LogP contribution is 2.14. The number of anilines is 1. The standard InChI is InChI=1S/C11H11N3O3/c12-8-6-9(15)14(10(8)16)11(17)13-7-4-2-1-3-5-7/h1-5,8H,6,12H2,(H,13,17). The molecule has 1 heterocycles. The maximum atomic E-state index is 11.7. The van der Waals surface area contributed by atoms with Gasteiger partial charge in [-0.05, 0) is 12.1 Å². The minimum atomic E-state index is -0.913. The second kappa shape index (κ2) is 4.34. The van der Waals surface area contributed by atoms with Crippen LogP contribution in [0.25, 0.3) is 0 Å². The van der Waals surface area contributed by atoms with Crippen molar-refractivity contribution in [2.75, 3.05) is 5.32 Å². The van der Waals surface area contributed by atoms with Gasteiger partial charge >= 0.3 is 6.03 Å². The molecule has 0 aliphatic carbocycles. The molecule has 0 saturated carbocycles. The molecule has 88 valence electrons. The number of urea groups is 1. The number of hydrogen-bond donors (Lipinski definition) is 2. The number of hydrogen-bond acceptors (Lipinski definition) is 4. The minimum absolute atomic E-state index is 0.124. The zero-order chi connectivity index (χ0) is 12.4. The molecule has 1 unspecified atom stereocenters. The molecule has 6 nitrogen and oxygen atoms in total. The van der Waals surface area contributed by atoms with Crippen LogP contribution in [-0.2, 0) is 9.59 Å². The number of amides is 4. The van der Waals surface area contributed by atoms with Crippen molar-refractivity contribution in [2.45, 2.75) is 12.5 Å². The van der Waals surface area contributed by atoms with Crippen LogP contribution in [0.2, 0.25) is 0 Å². The highest BCUT2D eigenvalue weighted by Gasteiger charge is 2.40. The van der Waals surface area contributed by atoms with Crippen molar-refractivity contribution in [3.05, 3.63) is 30.3 Å². The SMILES string of the molecule is NC1CC(=O)N(C(=O)Nc2ccccc2)C1=O. The Morgan fingerprint density at radius 1 is 1.29 bits per heavy atom. The predicted octanol–water partition coefficient (Wildman–Crippen LogP) is 0.305. The summed E-state index contributed by atoms with van der Waals surface area (Å²) in [7, 11) is 0. The number of nitrogens with zero attached hydrogens (tertiary/aromatic N) is 1. The van der Waals surface area contributed by atoms with E-state index in [1.165, 1.54) is 0 Å². The van der Waals surface area contributed by atoms with Gasteiger partial charge in [-0.3, -0.25) is 9.59 Å². The molecule has 1 saturated heterocycles. The van der Waals surface area contributed by atoms with Gasteiger partial charge in [-0.1, -0.05) is 18.2 Å². The van der Waals surface area contributed by atoms with Crippen LogP contribution in [0.5, 0.6) is 0 Å². The first-order chi connectivity index (χ1) is 8.09. The van der Waals surface area contributed by atoms with Crippen LogP contribution >= 0.6 is 0 Å². The molecule has 0 aromatic heterocycles. The van der Waals surface area contributed by atoms with E-state index >= 15 is 0 Å². The van der Waals surface area contributed by atoms with E-state index < -0.39 is 23.9 Å². The van der Waals surface area contributed by atoms with Crippen LogP contribution in [0, 0.1) is 0 Å². The highest BCUT2D eigenvalue weighted by atomic mass is 16.2. The number of para-hydroxylation sites is 1. The van der Waals surface area contributed by atoms with E-state index in [2.05, 4.69) is 5.32 Å². The average Bonchev–Trinajstić information content (AvgIpc) is 2.54. The molecule has 1 aromatic carbocycles. The predicted molar refractivity (Wildman–Crippen MR) is 59.9 cm³/mol. The molecule has 17 heavy (non-hydrogen) atoms.